The van der Waals surface area contributed by atoms with Gasteiger partial charge in [0, 0.05) is 33.2 Å². The standard InChI is InChI=1S/C17H24N2O4/c1-13(20)19(12-14-6-5-11-23-14)10-9-18-17(21)15-7-3-4-8-16(15)22-2/h3-4,7-8,14H,5-6,9-12H2,1-2H3,(H,18,21). The molecule has 6 heteroatoms. The molecule has 1 N–H and O–H groups in total. The van der Waals surface area contributed by atoms with Crippen LogP contribution in [0.3, 0.4) is 0 Å². The summed E-state index contributed by atoms with van der Waals surface area (Å²) in [4.78, 5) is 25.6. The van der Waals surface area contributed by atoms with Crippen molar-refractivity contribution in [3.8, 4) is 5.75 Å². The summed E-state index contributed by atoms with van der Waals surface area (Å²) in [5.74, 6) is 0.322. The fraction of sp³-hybridized carbons (Fsp3) is 0.529. The number of hydrogen-bond acceptors (Lipinski definition) is 4. The molecule has 0 aromatic heterocycles. The largest absolute Gasteiger partial charge is 0.496 e. The summed E-state index contributed by atoms with van der Waals surface area (Å²) in [6.45, 7) is 3.75. The summed E-state index contributed by atoms with van der Waals surface area (Å²) in [5, 5.41) is 2.83. The molecule has 0 aliphatic carbocycles. The van der Waals surface area contributed by atoms with Crippen LogP contribution in [0.1, 0.15) is 30.1 Å². The van der Waals surface area contributed by atoms with E-state index in [0.717, 1.165) is 19.4 Å². The highest BCUT2D eigenvalue weighted by Crippen LogP contribution is 2.17. The Morgan fingerprint density at radius 1 is 1.39 bits per heavy atom. The molecule has 0 bridgehead atoms. The van der Waals surface area contributed by atoms with E-state index in [9.17, 15) is 9.59 Å². The van der Waals surface area contributed by atoms with Crippen LogP contribution in [0.25, 0.3) is 0 Å². The molecule has 1 aliphatic heterocycles. The van der Waals surface area contributed by atoms with Crippen LogP contribution in [0.15, 0.2) is 24.3 Å². The SMILES string of the molecule is COc1ccccc1C(=O)NCCN(CC1CCCO1)C(C)=O. The first-order chi connectivity index (χ1) is 11.1. The molecule has 1 aromatic carbocycles. The molecular weight excluding hydrogens is 296 g/mol. The van der Waals surface area contributed by atoms with E-state index >= 15 is 0 Å². The second kappa shape index (κ2) is 8.53. The smallest absolute Gasteiger partial charge is 0.255 e. The minimum atomic E-state index is -0.205. The third-order valence-corrected chi connectivity index (χ3v) is 3.91. The quantitative estimate of drug-likeness (QED) is 0.826. The molecule has 1 unspecified atom stereocenters. The highest BCUT2D eigenvalue weighted by atomic mass is 16.5. The van der Waals surface area contributed by atoms with Crippen LogP contribution < -0.4 is 10.1 Å². The number of nitrogens with one attached hydrogen (secondary N) is 1. The highest BCUT2D eigenvalue weighted by Gasteiger charge is 2.20. The van der Waals surface area contributed by atoms with Crippen molar-refractivity contribution in [3.63, 3.8) is 0 Å². The average Bonchev–Trinajstić information content (AvgIpc) is 3.06. The van der Waals surface area contributed by atoms with Gasteiger partial charge < -0.3 is 19.7 Å². The zero-order chi connectivity index (χ0) is 16.7. The molecule has 0 spiro atoms. The first-order valence-corrected chi connectivity index (χ1v) is 7.90. The van der Waals surface area contributed by atoms with E-state index in [4.69, 9.17) is 9.47 Å². The molecule has 1 aliphatic rings. The zero-order valence-corrected chi connectivity index (χ0v) is 13.7. The Bertz CT molecular complexity index is 541. The Kier molecular flexibility index (Phi) is 6.40. The van der Waals surface area contributed by atoms with E-state index in [1.54, 1.807) is 23.1 Å². The van der Waals surface area contributed by atoms with Crippen LogP contribution in [0.5, 0.6) is 5.75 Å². The fourth-order valence-corrected chi connectivity index (χ4v) is 2.64. The van der Waals surface area contributed by atoms with Crippen LogP contribution in [-0.4, -0.2) is 56.2 Å². The van der Waals surface area contributed by atoms with Crippen LogP contribution >= 0.6 is 0 Å². The molecule has 1 aromatic rings. The Balaban J connectivity index is 1.83. The predicted molar refractivity (Wildman–Crippen MR) is 86.6 cm³/mol. The van der Waals surface area contributed by atoms with Crippen molar-refractivity contribution in [3.05, 3.63) is 29.8 Å². The Morgan fingerprint density at radius 2 is 2.17 bits per heavy atom. The minimum Gasteiger partial charge on any atom is -0.496 e. The van der Waals surface area contributed by atoms with Crippen molar-refractivity contribution >= 4 is 11.8 Å². The van der Waals surface area contributed by atoms with Gasteiger partial charge in [0.1, 0.15) is 5.75 Å². The van der Waals surface area contributed by atoms with Gasteiger partial charge in [-0.05, 0) is 25.0 Å². The first kappa shape index (κ1) is 17.3. The molecule has 2 amide bonds. The van der Waals surface area contributed by atoms with Crippen molar-refractivity contribution in [2.24, 2.45) is 0 Å². The monoisotopic (exact) mass is 320 g/mol. The van der Waals surface area contributed by atoms with Gasteiger partial charge in [0.2, 0.25) is 5.91 Å². The molecule has 126 valence electrons. The molecule has 1 saturated heterocycles. The van der Waals surface area contributed by atoms with Gasteiger partial charge in [-0.2, -0.15) is 0 Å². The number of rotatable bonds is 7. The van der Waals surface area contributed by atoms with E-state index in [-0.39, 0.29) is 17.9 Å². The van der Waals surface area contributed by atoms with E-state index in [0.29, 0.717) is 30.9 Å². The number of amides is 2. The summed E-state index contributed by atoms with van der Waals surface area (Å²) >= 11 is 0. The van der Waals surface area contributed by atoms with Crippen LogP contribution in [0.2, 0.25) is 0 Å². The third kappa shape index (κ3) is 4.96. The number of para-hydroxylation sites is 1. The Hall–Kier alpha value is -2.08. The molecule has 1 heterocycles. The predicted octanol–water partition coefficient (Wildman–Crippen LogP) is 1.45. The van der Waals surface area contributed by atoms with Gasteiger partial charge in [-0.1, -0.05) is 12.1 Å². The summed E-state index contributed by atoms with van der Waals surface area (Å²) in [5.41, 5.74) is 0.489. The van der Waals surface area contributed by atoms with E-state index in [1.165, 1.54) is 14.0 Å². The van der Waals surface area contributed by atoms with Gasteiger partial charge in [-0.3, -0.25) is 9.59 Å². The van der Waals surface area contributed by atoms with Crippen molar-refractivity contribution in [1.82, 2.24) is 10.2 Å². The average molecular weight is 320 g/mol. The fourth-order valence-electron chi connectivity index (χ4n) is 2.64. The van der Waals surface area contributed by atoms with Crippen molar-refractivity contribution < 1.29 is 19.1 Å². The van der Waals surface area contributed by atoms with Crippen LogP contribution in [0, 0.1) is 0 Å². The number of carbonyl (C=O) groups excluding carboxylic acids is 2. The maximum absolute atomic E-state index is 12.2. The summed E-state index contributed by atoms with van der Waals surface area (Å²) in [6.07, 6.45) is 2.14. The molecule has 2 rings (SSSR count). The van der Waals surface area contributed by atoms with Crippen molar-refractivity contribution in [2.45, 2.75) is 25.9 Å². The number of benzene rings is 1. The lowest BCUT2D eigenvalue weighted by Gasteiger charge is -2.24. The zero-order valence-electron chi connectivity index (χ0n) is 13.7. The molecule has 6 nitrogen and oxygen atoms in total. The van der Waals surface area contributed by atoms with Crippen LogP contribution in [-0.2, 0) is 9.53 Å². The summed E-state index contributed by atoms with van der Waals surface area (Å²) in [7, 11) is 1.53. The highest BCUT2D eigenvalue weighted by molar-refractivity contribution is 5.96. The maximum atomic E-state index is 12.2. The number of hydrogen-bond donors (Lipinski definition) is 1. The number of ether oxygens (including phenoxy) is 2. The summed E-state index contributed by atoms with van der Waals surface area (Å²) < 4.78 is 10.7. The second-order valence-electron chi connectivity index (χ2n) is 5.56. The van der Waals surface area contributed by atoms with Gasteiger partial charge in [0.15, 0.2) is 0 Å². The Labute approximate surface area is 136 Å². The van der Waals surface area contributed by atoms with Gasteiger partial charge in [-0.25, -0.2) is 0 Å². The first-order valence-electron chi connectivity index (χ1n) is 7.90. The van der Waals surface area contributed by atoms with Gasteiger partial charge in [0.05, 0.1) is 18.8 Å². The van der Waals surface area contributed by atoms with E-state index in [1.807, 2.05) is 6.07 Å². The topological polar surface area (TPSA) is 67.9 Å². The second-order valence-corrected chi connectivity index (χ2v) is 5.56. The van der Waals surface area contributed by atoms with Gasteiger partial charge in [0.25, 0.3) is 5.91 Å². The number of methoxy groups -OCH3 is 1. The van der Waals surface area contributed by atoms with E-state index in [2.05, 4.69) is 5.32 Å². The minimum absolute atomic E-state index is 0.00737. The summed E-state index contributed by atoms with van der Waals surface area (Å²) in [6, 6.07) is 7.06. The molecule has 1 fully saturated rings. The van der Waals surface area contributed by atoms with Crippen molar-refractivity contribution in [2.75, 3.05) is 33.4 Å². The lowest BCUT2D eigenvalue weighted by atomic mass is 10.2. The molecule has 23 heavy (non-hydrogen) atoms. The third-order valence-electron chi connectivity index (χ3n) is 3.91. The van der Waals surface area contributed by atoms with Gasteiger partial charge >= 0.3 is 0 Å². The molecule has 0 saturated carbocycles. The lowest BCUT2D eigenvalue weighted by molar-refractivity contribution is -0.130. The maximum Gasteiger partial charge on any atom is 0.255 e. The number of carbonyl (C=O) groups is 2. The molecular formula is C17H24N2O4. The molecule has 1 atom stereocenters. The van der Waals surface area contributed by atoms with Gasteiger partial charge in [-0.15, -0.1) is 0 Å². The van der Waals surface area contributed by atoms with Crippen molar-refractivity contribution in [1.29, 1.82) is 0 Å². The lowest BCUT2D eigenvalue weighted by Crippen LogP contribution is -2.41. The normalized spacial score (nSPS) is 16.9. The number of nitrogens with zero attached hydrogens (tertiary/aromatic N) is 1. The Morgan fingerprint density at radius 3 is 2.83 bits per heavy atom. The molecule has 0 radical (unpaired) electrons. The van der Waals surface area contributed by atoms with Crippen LogP contribution in [0.4, 0.5) is 0 Å². The van der Waals surface area contributed by atoms with E-state index < -0.39 is 0 Å².